The molecule has 19 heavy (non-hydrogen) atoms. The molecule has 104 valence electrons. The van der Waals surface area contributed by atoms with Gasteiger partial charge in [-0.1, -0.05) is 0 Å². The van der Waals surface area contributed by atoms with Gasteiger partial charge in [0.25, 0.3) is 0 Å². The van der Waals surface area contributed by atoms with E-state index in [0.717, 1.165) is 24.6 Å². The van der Waals surface area contributed by atoms with Crippen LogP contribution < -0.4 is 5.73 Å². The Bertz CT molecular complexity index is 494. The second kappa shape index (κ2) is 5.19. The first kappa shape index (κ1) is 13.8. The maximum Gasteiger partial charge on any atom is 0.416 e. The Hall–Kier alpha value is -1.59. The predicted octanol–water partition coefficient (Wildman–Crippen LogP) is 3.30. The third-order valence-electron chi connectivity index (χ3n) is 3.20. The van der Waals surface area contributed by atoms with Gasteiger partial charge in [0, 0.05) is 6.42 Å². The Morgan fingerprint density at radius 3 is 2.63 bits per heavy atom. The van der Waals surface area contributed by atoms with E-state index >= 15 is 0 Å². The Labute approximate surface area is 108 Å². The highest BCUT2D eigenvalue weighted by atomic mass is 19.4. The molecule has 1 aromatic carbocycles. The van der Waals surface area contributed by atoms with Crippen molar-refractivity contribution in [3.8, 4) is 0 Å². The van der Waals surface area contributed by atoms with Crippen molar-refractivity contribution in [1.29, 1.82) is 0 Å². The zero-order valence-electron chi connectivity index (χ0n) is 10.2. The lowest BCUT2D eigenvalue weighted by molar-refractivity contribution is -0.137. The zero-order valence-corrected chi connectivity index (χ0v) is 10.2. The molecule has 0 bridgehead atoms. The minimum Gasteiger partial charge on any atom is -0.387 e. The van der Waals surface area contributed by atoms with E-state index < -0.39 is 17.6 Å². The molecule has 1 aliphatic rings. The van der Waals surface area contributed by atoms with Gasteiger partial charge in [0.2, 0.25) is 0 Å². The molecule has 6 heteroatoms. The molecule has 1 atom stereocenters. The fraction of sp³-hybridized carbons (Fsp3) is 0.462. The van der Waals surface area contributed by atoms with E-state index in [-0.39, 0.29) is 18.0 Å². The predicted molar refractivity (Wildman–Crippen MR) is 64.4 cm³/mol. The third-order valence-corrected chi connectivity index (χ3v) is 3.20. The van der Waals surface area contributed by atoms with Crippen LogP contribution in [0.25, 0.3) is 0 Å². The van der Waals surface area contributed by atoms with E-state index in [2.05, 4.69) is 4.99 Å². The molecule has 2 N–H and O–H groups in total. The van der Waals surface area contributed by atoms with Crippen molar-refractivity contribution in [1.82, 2.24) is 0 Å². The summed E-state index contributed by atoms with van der Waals surface area (Å²) in [6.07, 6.45) is -2.21. The van der Waals surface area contributed by atoms with Gasteiger partial charge >= 0.3 is 6.18 Å². The Balaban J connectivity index is 2.07. The molecular weight excluding hydrogens is 260 g/mol. The highest BCUT2D eigenvalue weighted by molar-refractivity contribution is 5.82. The van der Waals surface area contributed by atoms with Gasteiger partial charge in [0.05, 0.1) is 17.4 Å². The first-order chi connectivity index (χ1) is 8.86. The van der Waals surface area contributed by atoms with Gasteiger partial charge in [-0.2, -0.15) is 13.2 Å². The van der Waals surface area contributed by atoms with Crippen LogP contribution in [-0.4, -0.2) is 11.9 Å². The summed E-state index contributed by atoms with van der Waals surface area (Å²) in [4.78, 5) is 4.15. The monoisotopic (exact) mass is 274 g/mol. The van der Waals surface area contributed by atoms with Gasteiger partial charge in [-0.3, -0.25) is 4.99 Å². The SMILES string of the molecule is NC1=N[C@@H](CCc2cc(C(F)(F)F)ccc2F)CC1. The molecule has 1 aromatic rings. The number of hydrogen-bond donors (Lipinski definition) is 1. The molecule has 0 unspecified atom stereocenters. The van der Waals surface area contributed by atoms with Crippen LogP contribution in [0.4, 0.5) is 17.6 Å². The summed E-state index contributed by atoms with van der Waals surface area (Å²) in [6.45, 7) is 0. The van der Waals surface area contributed by atoms with Crippen LogP contribution >= 0.6 is 0 Å². The highest BCUT2D eigenvalue weighted by Crippen LogP contribution is 2.31. The number of nitrogens with two attached hydrogens (primary N) is 1. The summed E-state index contributed by atoms with van der Waals surface area (Å²) < 4.78 is 51.1. The Morgan fingerprint density at radius 2 is 2.05 bits per heavy atom. The highest BCUT2D eigenvalue weighted by Gasteiger charge is 2.31. The first-order valence-corrected chi connectivity index (χ1v) is 6.04. The number of rotatable bonds is 3. The van der Waals surface area contributed by atoms with Crippen LogP contribution in [0.15, 0.2) is 23.2 Å². The normalized spacial score (nSPS) is 19.6. The molecule has 0 saturated heterocycles. The standard InChI is InChI=1S/C13H14F4N2/c14-11-5-2-9(13(15,16)17)7-8(11)1-3-10-4-6-12(18)19-10/h2,5,7,10H,1,3-4,6H2,(H2,18,19)/t10-/m0/s1. The Kier molecular flexibility index (Phi) is 3.78. The lowest BCUT2D eigenvalue weighted by Crippen LogP contribution is -2.08. The molecule has 0 spiro atoms. The van der Waals surface area contributed by atoms with E-state index in [0.29, 0.717) is 18.7 Å². The maximum absolute atomic E-state index is 13.5. The largest absolute Gasteiger partial charge is 0.416 e. The number of aliphatic imine (C=N–C) groups is 1. The fourth-order valence-corrected chi connectivity index (χ4v) is 2.15. The van der Waals surface area contributed by atoms with Crippen molar-refractivity contribution in [2.75, 3.05) is 0 Å². The minimum absolute atomic E-state index is 0.00561. The van der Waals surface area contributed by atoms with E-state index in [9.17, 15) is 17.6 Å². The van der Waals surface area contributed by atoms with Crippen molar-refractivity contribution in [2.24, 2.45) is 10.7 Å². The topological polar surface area (TPSA) is 38.4 Å². The van der Waals surface area contributed by atoms with Crippen molar-refractivity contribution < 1.29 is 17.6 Å². The summed E-state index contributed by atoms with van der Waals surface area (Å²) in [7, 11) is 0. The molecule has 0 aromatic heterocycles. The number of hydrogen-bond acceptors (Lipinski definition) is 2. The van der Waals surface area contributed by atoms with E-state index in [4.69, 9.17) is 5.73 Å². The number of benzene rings is 1. The van der Waals surface area contributed by atoms with Crippen molar-refractivity contribution in [3.63, 3.8) is 0 Å². The molecule has 1 heterocycles. The summed E-state index contributed by atoms with van der Waals surface area (Å²) in [5.74, 6) is -0.0440. The maximum atomic E-state index is 13.5. The minimum atomic E-state index is -4.45. The fourth-order valence-electron chi connectivity index (χ4n) is 2.15. The molecular formula is C13H14F4N2. The summed E-state index contributed by atoms with van der Waals surface area (Å²) in [5.41, 5.74) is 4.79. The van der Waals surface area contributed by atoms with Gasteiger partial charge in [-0.15, -0.1) is 0 Å². The molecule has 1 aliphatic heterocycles. The number of aryl methyl sites for hydroxylation is 1. The second-order valence-corrected chi connectivity index (χ2v) is 4.66. The van der Waals surface area contributed by atoms with Crippen LogP contribution in [0, 0.1) is 5.82 Å². The van der Waals surface area contributed by atoms with E-state index in [1.807, 2.05) is 0 Å². The summed E-state index contributed by atoms with van der Waals surface area (Å²) in [6, 6.07) is 2.49. The van der Waals surface area contributed by atoms with Crippen LogP contribution in [0.3, 0.4) is 0 Å². The molecule has 0 fully saturated rings. The number of alkyl halides is 3. The third kappa shape index (κ3) is 3.45. The lowest BCUT2D eigenvalue weighted by Gasteiger charge is -2.11. The van der Waals surface area contributed by atoms with Gasteiger partial charge in [-0.05, 0) is 43.0 Å². The Morgan fingerprint density at radius 1 is 1.32 bits per heavy atom. The van der Waals surface area contributed by atoms with Gasteiger partial charge in [-0.25, -0.2) is 4.39 Å². The summed E-state index contributed by atoms with van der Waals surface area (Å²) in [5, 5.41) is 0. The smallest absolute Gasteiger partial charge is 0.387 e. The number of amidine groups is 1. The molecule has 0 aliphatic carbocycles. The molecule has 0 saturated carbocycles. The van der Waals surface area contributed by atoms with Crippen LogP contribution in [0.2, 0.25) is 0 Å². The van der Waals surface area contributed by atoms with Crippen molar-refractivity contribution >= 4 is 5.84 Å². The van der Waals surface area contributed by atoms with Crippen LogP contribution in [0.5, 0.6) is 0 Å². The lowest BCUT2D eigenvalue weighted by atomic mass is 10.0. The van der Waals surface area contributed by atoms with Gasteiger partial charge < -0.3 is 5.73 Å². The number of nitrogens with zero attached hydrogens (tertiary/aromatic N) is 1. The number of halogens is 4. The second-order valence-electron chi connectivity index (χ2n) is 4.66. The van der Waals surface area contributed by atoms with Crippen LogP contribution in [0.1, 0.15) is 30.4 Å². The average Bonchev–Trinajstić information content (AvgIpc) is 2.72. The molecule has 0 amide bonds. The molecule has 2 nitrogen and oxygen atoms in total. The van der Waals surface area contributed by atoms with Gasteiger partial charge in [0.15, 0.2) is 0 Å². The first-order valence-electron chi connectivity index (χ1n) is 6.04. The van der Waals surface area contributed by atoms with Crippen molar-refractivity contribution in [3.05, 3.63) is 35.1 Å². The van der Waals surface area contributed by atoms with Crippen molar-refractivity contribution in [2.45, 2.75) is 37.9 Å². The van der Waals surface area contributed by atoms with E-state index in [1.54, 1.807) is 0 Å². The quantitative estimate of drug-likeness (QED) is 0.844. The van der Waals surface area contributed by atoms with E-state index in [1.165, 1.54) is 0 Å². The average molecular weight is 274 g/mol. The van der Waals surface area contributed by atoms with Crippen LogP contribution in [-0.2, 0) is 12.6 Å². The zero-order chi connectivity index (χ0) is 14.0. The molecule has 0 radical (unpaired) electrons. The van der Waals surface area contributed by atoms with Gasteiger partial charge in [0.1, 0.15) is 5.82 Å². The molecule has 2 rings (SSSR count). The summed E-state index contributed by atoms with van der Waals surface area (Å²) >= 11 is 0.